The molecule has 2 aromatic carbocycles. The molecule has 154 valence electrons. The van der Waals surface area contributed by atoms with Crippen LogP contribution in [-0.4, -0.2) is 21.9 Å². The third-order valence-corrected chi connectivity index (χ3v) is 6.76. The second-order valence-corrected chi connectivity index (χ2v) is 8.70. The maximum absolute atomic E-state index is 6.57. The van der Waals surface area contributed by atoms with Crippen molar-refractivity contribution >= 4 is 34.6 Å². The van der Waals surface area contributed by atoms with Crippen molar-refractivity contribution in [2.45, 2.75) is 12.1 Å². The number of nitrogens with zero attached hydrogens (tertiary/aromatic N) is 3. The summed E-state index contributed by atoms with van der Waals surface area (Å²) in [6.45, 7) is 0. The molecule has 2 atom stereocenters. The van der Waals surface area contributed by atoms with Crippen molar-refractivity contribution in [1.29, 1.82) is 0 Å². The van der Waals surface area contributed by atoms with E-state index in [9.17, 15) is 0 Å². The summed E-state index contributed by atoms with van der Waals surface area (Å²) in [6, 6.07) is 17.6. The molecule has 0 saturated heterocycles. The van der Waals surface area contributed by atoms with E-state index in [0.29, 0.717) is 11.0 Å². The van der Waals surface area contributed by atoms with Gasteiger partial charge in [0.05, 0.1) is 12.8 Å². The molecule has 4 aromatic rings. The van der Waals surface area contributed by atoms with Gasteiger partial charge in [-0.2, -0.15) is 10.1 Å². The van der Waals surface area contributed by atoms with Crippen molar-refractivity contribution in [3.8, 4) is 11.5 Å². The molecular formula is C23H17ClN4O2S. The average molecular weight is 449 g/mol. The summed E-state index contributed by atoms with van der Waals surface area (Å²) in [5, 5.41) is 10.7. The van der Waals surface area contributed by atoms with Gasteiger partial charge in [0.2, 0.25) is 5.95 Å². The van der Waals surface area contributed by atoms with Crippen LogP contribution in [0.15, 0.2) is 71.9 Å². The molecule has 6 nitrogen and oxygen atoms in total. The number of fused-ring (bicyclic) bond motifs is 3. The molecule has 8 heteroatoms. The Hall–Kier alpha value is -3.29. The van der Waals surface area contributed by atoms with E-state index in [2.05, 4.69) is 32.9 Å². The Bertz CT molecular complexity index is 1310. The average Bonchev–Trinajstić information content (AvgIpc) is 3.49. The van der Waals surface area contributed by atoms with E-state index in [1.54, 1.807) is 24.8 Å². The highest BCUT2D eigenvalue weighted by Crippen LogP contribution is 2.52. The minimum absolute atomic E-state index is 0.260. The van der Waals surface area contributed by atoms with Gasteiger partial charge in [0.25, 0.3) is 0 Å². The predicted octanol–water partition coefficient (Wildman–Crippen LogP) is 5.56. The van der Waals surface area contributed by atoms with E-state index in [-0.39, 0.29) is 12.1 Å². The molecule has 0 saturated carbocycles. The summed E-state index contributed by atoms with van der Waals surface area (Å²) in [6.07, 6.45) is 1.27. The zero-order valence-electron chi connectivity index (χ0n) is 16.4. The van der Waals surface area contributed by atoms with Crippen molar-refractivity contribution < 1.29 is 9.47 Å². The SMILES string of the molecule is COc1ccccc1[C@H]1C2=C(Nc3ncnn31)c1cc(Cl)ccc1O[C@H]2c1cccs1. The van der Waals surface area contributed by atoms with Gasteiger partial charge in [-0.1, -0.05) is 35.9 Å². The molecule has 1 N–H and O–H groups in total. The van der Waals surface area contributed by atoms with Crippen LogP contribution in [0.4, 0.5) is 5.95 Å². The molecule has 0 spiro atoms. The van der Waals surface area contributed by atoms with Gasteiger partial charge < -0.3 is 14.8 Å². The maximum Gasteiger partial charge on any atom is 0.226 e. The monoisotopic (exact) mass is 448 g/mol. The maximum atomic E-state index is 6.57. The summed E-state index contributed by atoms with van der Waals surface area (Å²) in [5.41, 5.74) is 3.88. The topological polar surface area (TPSA) is 61.2 Å². The number of hydrogen-bond acceptors (Lipinski definition) is 6. The number of methoxy groups -OCH3 is 1. The summed E-state index contributed by atoms with van der Waals surface area (Å²) in [7, 11) is 1.68. The van der Waals surface area contributed by atoms with Crippen molar-refractivity contribution in [2.24, 2.45) is 0 Å². The zero-order chi connectivity index (χ0) is 20.9. The molecule has 31 heavy (non-hydrogen) atoms. The number of hydrogen-bond donors (Lipinski definition) is 1. The van der Waals surface area contributed by atoms with Crippen LogP contribution >= 0.6 is 22.9 Å². The van der Waals surface area contributed by atoms with Crippen LogP contribution in [-0.2, 0) is 0 Å². The minimum atomic E-state index is -0.288. The molecule has 4 heterocycles. The van der Waals surface area contributed by atoms with Crippen molar-refractivity contribution in [3.63, 3.8) is 0 Å². The quantitative estimate of drug-likeness (QED) is 0.444. The van der Waals surface area contributed by atoms with Gasteiger partial charge in [-0.05, 0) is 35.7 Å². The lowest BCUT2D eigenvalue weighted by Gasteiger charge is -2.38. The van der Waals surface area contributed by atoms with E-state index < -0.39 is 0 Å². The molecular weight excluding hydrogens is 432 g/mol. The molecule has 0 radical (unpaired) electrons. The Morgan fingerprint density at radius 2 is 2.06 bits per heavy atom. The number of anilines is 1. The molecule has 6 rings (SSSR count). The van der Waals surface area contributed by atoms with Crippen LogP contribution in [0.2, 0.25) is 5.02 Å². The number of halogens is 1. The van der Waals surface area contributed by atoms with Gasteiger partial charge >= 0.3 is 0 Å². The lowest BCUT2D eigenvalue weighted by atomic mass is 9.86. The van der Waals surface area contributed by atoms with E-state index in [0.717, 1.165) is 38.8 Å². The third-order valence-electron chi connectivity index (χ3n) is 5.61. The Labute approximate surface area is 187 Å². The molecule has 0 unspecified atom stereocenters. The zero-order valence-corrected chi connectivity index (χ0v) is 18.0. The lowest BCUT2D eigenvalue weighted by molar-refractivity contribution is 0.226. The highest BCUT2D eigenvalue weighted by atomic mass is 35.5. The van der Waals surface area contributed by atoms with Crippen molar-refractivity contribution in [2.75, 3.05) is 12.4 Å². The number of aromatic nitrogens is 3. The molecule has 0 fully saturated rings. The number of nitrogens with one attached hydrogen (secondary N) is 1. The van der Waals surface area contributed by atoms with Crippen LogP contribution in [0.25, 0.3) is 5.70 Å². The van der Waals surface area contributed by atoms with E-state index >= 15 is 0 Å². The van der Waals surface area contributed by atoms with Crippen molar-refractivity contribution in [3.05, 3.63) is 92.9 Å². The fraction of sp³-hybridized carbons (Fsp3) is 0.130. The standard InChI is InChI=1S/C23H17ClN4O2S/c1-29-16-6-3-2-5-14(16)21-19-20(27-23-25-12-26-28(21)23)15-11-13(24)8-9-17(15)30-22(19)18-7-4-10-31-18/h2-12,21-22H,1H3,(H,25,26,27)/t21-,22-/m0/s1. The van der Waals surface area contributed by atoms with E-state index in [1.807, 2.05) is 47.1 Å². The van der Waals surface area contributed by atoms with Gasteiger partial charge in [-0.25, -0.2) is 4.68 Å². The largest absolute Gasteiger partial charge is 0.496 e. The number of ether oxygens (including phenoxy) is 2. The summed E-state index contributed by atoms with van der Waals surface area (Å²) < 4.78 is 14.2. The first-order valence-corrected chi connectivity index (χ1v) is 11.0. The van der Waals surface area contributed by atoms with Gasteiger partial charge in [0.15, 0.2) is 6.10 Å². The Morgan fingerprint density at radius 3 is 2.90 bits per heavy atom. The number of rotatable bonds is 3. The Morgan fingerprint density at radius 1 is 1.16 bits per heavy atom. The molecule has 0 aliphatic carbocycles. The molecule has 2 aliphatic heterocycles. The molecule has 2 aromatic heterocycles. The minimum Gasteiger partial charge on any atom is -0.496 e. The first-order chi connectivity index (χ1) is 15.2. The third kappa shape index (κ3) is 2.85. The van der Waals surface area contributed by atoms with Gasteiger partial charge in [0.1, 0.15) is 23.9 Å². The van der Waals surface area contributed by atoms with Gasteiger partial charge in [-0.15, -0.1) is 11.3 Å². The number of para-hydroxylation sites is 1. The Kier molecular flexibility index (Phi) is 4.26. The first kappa shape index (κ1) is 18.5. The highest BCUT2D eigenvalue weighted by molar-refractivity contribution is 7.10. The van der Waals surface area contributed by atoms with Crippen molar-refractivity contribution in [1.82, 2.24) is 14.8 Å². The lowest BCUT2D eigenvalue weighted by Crippen LogP contribution is -2.32. The summed E-state index contributed by atoms with van der Waals surface area (Å²) in [5.74, 6) is 2.22. The van der Waals surface area contributed by atoms with E-state index in [1.165, 1.54) is 0 Å². The smallest absolute Gasteiger partial charge is 0.226 e. The van der Waals surface area contributed by atoms with E-state index in [4.69, 9.17) is 21.1 Å². The molecule has 2 aliphatic rings. The number of benzene rings is 2. The Balaban J connectivity index is 1.67. The van der Waals surface area contributed by atoms with Crippen LogP contribution < -0.4 is 14.8 Å². The second kappa shape index (κ2) is 7.14. The fourth-order valence-corrected chi connectivity index (χ4v) is 5.25. The summed E-state index contributed by atoms with van der Waals surface area (Å²) >= 11 is 8.03. The molecule has 0 amide bonds. The van der Waals surface area contributed by atoms with Crippen LogP contribution in [0.1, 0.15) is 28.1 Å². The second-order valence-electron chi connectivity index (χ2n) is 7.28. The van der Waals surface area contributed by atoms with Gasteiger partial charge in [0, 0.05) is 26.6 Å². The van der Waals surface area contributed by atoms with Crippen LogP contribution in [0.3, 0.4) is 0 Å². The normalized spacial score (nSPS) is 19.0. The van der Waals surface area contributed by atoms with Gasteiger partial charge in [-0.3, -0.25) is 0 Å². The fourth-order valence-electron chi connectivity index (χ4n) is 4.31. The summed E-state index contributed by atoms with van der Waals surface area (Å²) in [4.78, 5) is 5.57. The van der Waals surface area contributed by atoms with Crippen LogP contribution in [0.5, 0.6) is 11.5 Å². The molecule has 0 bridgehead atoms. The number of thiophene rings is 1. The first-order valence-electron chi connectivity index (χ1n) is 9.78. The van der Waals surface area contributed by atoms with Crippen LogP contribution in [0, 0.1) is 0 Å². The highest BCUT2D eigenvalue weighted by Gasteiger charge is 2.42. The predicted molar refractivity (Wildman–Crippen MR) is 121 cm³/mol.